The van der Waals surface area contributed by atoms with Gasteiger partial charge in [-0.1, -0.05) is 11.3 Å². The van der Waals surface area contributed by atoms with Crippen LogP contribution >= 0.6 is 0 Å². The fourth-order valence-corrected chi connectivity index (χ4v) is 4.70. The molecule has 3 aromatic heterocycles. The van der Waals surface area contributed by atoms with Gasteiger partial charge in [0.05, 0.1) is 56.7 Å². The molecular formula is C22H22F4N8O2. The van der Waals surface area contributed by atoms with E-state index < -0.39 is 31.0 Å². The zero-order valence-electron chi connectivity index (χ0n) is 19.2. The largest absolute Gasteiger partial charge is 0.479 e. The number of nitrogens with one attached hydrogen (secondary N) is 1. The molecule has 0 spiro atoms. The molecule has 1 aromatic carbocycles. The van der Waals surface area contributed by atoms with Gasteiger partial charge in [0.2, 0.25) is 11.8 Å². The van der Waals surface area contributed by atoms with Gasteiger partial charge in [-0.3, -0.25) is 4.90 Å². The highest BCUT2D eigenvalue weighted by Crippen LogP contribution is 2.36. The first kappa shape index (κ1) is 22.9. The number of halogens is 4. The Kier molecular flexibility index (Phi) is 5.44. The van der Waals surface area contributed by atoms with Crippen LogP contribution in [-0.4, -0.2) is 92.6 Å². The lowest BCUT2D eigenvalue weighted by atomic mass is 10.1. The van der Waals surface area contributed by atoms with Crippen molar-refractivity contribution in [3.8, 4) is 17.0 Å². The average molecular weight is 506 g/mol. The van der Waals surface area contributed by atoms with E-state index in [-0.39, 0.29) is 42.0 Å². The lowest BCUT2D eigenvalue weighted by Gasteiger charge is -2.34. The Morgan fingerprint density at radius 1 is 1.28 bits per heavy atom. The molecule has 5 heterocycles. The highest BCUT2D eigenvalue weighted by Gasteiger charge is 2.51. The SMILES string of the molecule is COc1nc(NC2CN(C3COC3)CC2(F)F)nn2cc(F)c(-c3ccc4nnn(CCF)c4c3)c12. The van der Waals surface area contributed by atoms with E-state index in [1.807, 2.05) is 0 Å². The molecule has 1 unspecified atom stereocenters. The Bertz CT molecular complexity index is 1440. The normalized spacial score (nSPS) is 20.3. The van der Waals surface area contributed by atoms with Crippen LogP contribution in [0.4, 0.5) is 23.5 Å². The Balaban J connectivity index is 1.37. The van der Waals surface area contributed by atoms with Crippen LogP contribution in [0.15, 0.2) is 24.4 Å². The first-order valence-electron chi connectivity index (χ1n) is 11.4. The monoisotopic (exact) mass is 506 g/mol. The van der Waals surface area contributed by atoms with Crippen LogP contribution in [0.3, 0.4) is 0 Å². The van der Waals surface area contributed by atoms with Gasteiger partial charge in [-0.15, -0.1) is 10.2 Å². The molecule has 2 fully saturated rings. The van der Waals surface area contributed by atoms with E-state index in [9.17, 15) is 13.2 Å². The molecule has 1 N–H and O–H groups in total. The molecule has 2 aliphatic rings. The van der Waals surface area contributed by atoms with Crippen molar-refractivity contribution in [2.75, 3.05) is 45.4 Å². The van der Waals surface area contributed by atoms with Gasteiger partial charge in [0, 0.05) is 6.54 Å². The number of rotatable bonds is 7. The maximum atomic E-state index is 15.2. The molecule has 1 atom stereocenters. The smallest absolute Gasteiger partial charge is 0.281 e. The number of ether oxygens (including phenoxy) is 2. The Morgan fingerprint density at radius 3 is 2.83 bits per heavy atom. The van der Waals surface area contributed by atoms with Gasteiger partial charge >= 0.3 is 0 Å². The predicted molar refractivity (Wildman–Crippen MR) is 121 cm³/mol. The van der Waals surface area contributed by atoms with Crippen LogP contribution in [0, 0.1) is 5.82 Å². The maximum Gasteiger partial charge on any atom is 0.281 e. The summed E-state index contributed by atoms with van der Waals surface area (Å²) < 4.78 is 70.7. The summed E-state index contributed by atoms with van der Waals surface area (Å²) in [7, 11) is 1.35. The third-order valence-electron chi connectivity index (χ3n) is 6.63. The Morgan fingerprint density at radius 2 is 2.11 bits per heavy atom. The standard InChI is InChI=1S/C22H22F4N8O2/c1-35-20-19-18(12-2-3-15-16(6-12)33(5-4-23)31-29-15)14(24)7-34(19)30-21(28-20)27-17-8-32(11-22(17,25)26)13-9-36-10-13/h2-3,6-7,13,17H,4-5,8-11H2,1H3,(H,27,30). The number of alkyl halides is 3. The fraction of sp³-hybridized carbons (Fsp3) is 0.455. The van der Waals surface area contributed by atoms with Crippen molar-refractivity contribution in [3.05, 3.63) is 30.2 Å². The number of fused-ring (bicyclic) bond motifs is 2. The minimum Gasteiger partial charge on any atom is -0.479 e. The minimum absolute atomic E-state index is 0.00690. The number of aryl methyl sites for hydroxylation is 1. The van der Waals surface area contributed by atoms with Gasteiger partial charge in [-0.25, -0.2) is 26.8 Å². The number of hydrogen-bond acceptors (Lipinski definition) is 8. The van der Waals surface area contributed by atoms with Crippen molar-refractivity contribution >= 4 is 22.5 Å². The average Bonchev–Trinajstić information content (AvgIpc) is 3.44. The zero-order chi connectivity index (χ0) is 25.0. The number of nitrogens with zero attached hydrogens (tertiary/aromatic N) is 7. The van der Waals surface area contributed by atoms with Gasteiger partial charge in [0.15, 0.2) is 5.82 Å². The van der Waals surface area contributed by atoms with E-state index in [4.69, 9.17) is 9.47 Å². The fourth-order valence-electron chi connectivity index (χ4n) is 4.70. The van der Waals surface area contributed by atoms with Crippen molar-refractivity contribution in [2.45, 2.75) is 24.6 Å². The lowest BCUT2D eigenvalue weighted by molar-refractivity contribution is -0.0711. The number of likely N-dealkylation sites (tertiary alicyclic amines) is 1. The maximum absolute atomic E-state index is 15.2. The highest BCUT2D eigenvalue weighted by molar-refractivity contribution is 5.89. The van der Waals surface area contributed by atoms with Crippen LogP contribution < -0.4 is 10.1 Å². The molecule has 0 saturated carbocycles. The van der Waals surface area contributed by atoms with Crippen molar-refractivity contribution in [1.29, 1.82) is 0 Å². The van der Waals surface area contributed by atoms with Gasteiger partial charge in [-0.05, 0) is 17.7 Å². The molecular weight excluding hydrogens is 484 g/mol. The first-order valence-corrected chi connectivity index (χ1v) is 11.4. The van der Waals surface area contributed by atoms with Crippen molar-refractivity contribution in [3.63, 3.8) is 0 Å². The summed E-state index contributed by atoms with van der Waals surface area (Å²) >= 11 is 0. The van der Waals surface area contributed by atoms with Gasteiger partial charge in [-0.2, -0.15) is 4.98 Å². The van der Waals surface area contributed by atoms with Crippen LogP contribution in [0.2, 0.25) is 0 Å². The third kappa shape index (κ3) is 3.71. The van der Waals surface area contributed by atoms with Crippen LogP contribution in [0.1, 0.15) is 0 Å². The second-order valence-electron chi connectivity index (χ2n) is 8.87. The molecule has 10 nitrogen and oxygen atoms in total. The Labute approximate surface area is 201 Å². The number of aromatic nitrogens is 6. The summed E-state index contributed by atoms with van der Waals surface area (Å²) in [5.74, 6) is -3.74. The summed E-state index contributed by atoms with van der Waals surface area (Å²) in [6.45, 7) is -0.0531. The highest BCUT2D eigenvalue weighted by atomic mass is 19.3. The van der Waals surface area contributed by atoms with E-state index in [1.54, 1.807) is 23.1 Å². The van der Waals surface area contributed by atoms with Crippen molar-refractivity contribution in [2.24, 2.45) is 0 Å². The molecule has 2 aliphatic heterocycles. The molecule has 0 radical (unpaired) electrons. The molecule has 4 aromatic rings. The number of methoxy groups -OCH3 is 1. The number of hydrogen-bond donors (Lipinski definition) is 1. The van der Waals surface area contributed by atoms with Crippen molar-refractivity contribution < 1.29 is 27.0 Å². The molecule has 0 aliphatic carbocycles. The van der Waals surface area contributed by atoms with Gasteiger partial charge in [0.1, 0.15) is 23.7 Å². The predicted octanol–water partition coefficient (Wildman–Crippen LogP) is 2.39. The molecule has 2 saturated heterocycles. The quantitative estimate of drug-likeness (QED) is 0.382. The van der Waals surface area contributed by atoms with Crippen LogP contribution in [-0.2, 0) is 11.3 Å². The van der Waals surface area contributed by atoms with Crippen LogP contribution in [0.5, 0.6) is 5.88 Å². The molecule has 36 heavy (non-hydrogen) atoms. The third-order valence-corrected chi connectivity index (χ3v) is 6.63. The van der Waals surface area contributed by atoms with Crippen LogP contribution in [0.25, 0.3) is 27.7 Å². The molecule has 6 rings (SSSR count). The molecule has 0 bridgehead atoms. The summed E-state index contributed by atoms with van der Waals surface area (Å²) in [5.41, 5.74) is 1.89. The van der Waals surface area contributed by atoms with E-state index in [0.29, 0.717) is 29.8 Å². The van der Waals surface area contributed by atoms with Crippen molar-refractivity contribution in [1.82, 2.24) is 34.5 Å². The second-order valence-corrected chi connectivity index (χ2v) is 8.87. The van der Waals surface area contributed by atoms with Gasteiger partial charge in [0.25, 0.3) is 5.92 Å². The zero-order valence-corrected chi connectivity index (χ0v) is 19.2. The summed E-state index contributed by atoms with van der Waals surface area (Å²) in [4.78, 5) is 5.95. The summed E-state index contributed by atoms with van der Waals surface area (Å²) in [5, 5.41) is 14.9. The lowest BCUT2D eigenvalue weighted by Crippen LogP contribution is -2.48. The number of anilines is 1. The van der Waals surface area contributed by atoms with E-state index in [1.165, 1.54) is 16.3 Å². The van der Waals surface area contributed by atoms with E-state index in [0.717, 1.165) is 6.20 Å². The van der Waals surface area contributed by atoms with Gasteiger partial charge < -0.3 is 14.8 Å². The van der Waals surface area contributed by atoms with E-state index in [2.05, 4.69) is 25.7 Å². The second kappa shape index (κ2) is 8.55. The van der Waals surface area contributed by atoms with E-state index >= 15 is 4.39 Å². The molecule has 190 valence electrons. The summed E-state index contributed by atoms with van der Waals surface area (Å²) in [6, 6.07) is 3.69. The topological polar surface area (TPSA) is 94.6 Å². The Hall–Kier alpha value is -3.52. The minimum atomic E-state index is -3.01. The molecule has 0 amide bonds. The number of benzene rings is 1. The summed E-state index contributed by atoms with van der Waals surface area (Å²) in [6.07, 6.45) is 1.13. The first-order chi connectivity index (χ1) is 17.4. The molecule has 14 heteroatoms.